The zero-order chi connectivity index (χ0) is 22.7. The van der Waals surface area contributed by atoms with Gasteiger partial charge in [-0.3, -0.25) is 4.79 Å². The molecule has 0 unspecified atom stereocenters. The highest BCUT2D eigenvalue weighted by Crippen LogP contribution is 2.29. The Kier molecular flexibility index (Phi) is 7.95. The molecule has 3 aromatic carbocycles. The molecule has 0 aromatic heterocycles. The van der Waals surface area contributed by atoms with Crippen molar-refractivity contribution >= 4 is 12.1 Å². The highest BCUT2D eigenvalue weighted by molar-refractivity contribution is 5.81. The Balaban J connectivity index is 1.40. The van der Waals surface area contributed by atoms with Crippen LogP contribution in [0.5, 0.6) is 11.5 Å². The number of carbonyl (C=O) groups is 1. The summed E-state index contributed by atoms with van der Waals surface area (Å²) in [4.78, 5) is 19.1. The van der Waals surface area contributed by atoms with Gasteiger partial charge in [0.15, 0.2) is 18.1 Å². The molecule has 1 fully saturated rings. The second kappa shape index (κ2) is 11.7. The minimum absolute atomic E-state index is 0.0267. The van der Waals surface area contributed by atoms with E-state index in [2.05, 4.69) is 5.16 Å². The molecule has 0 bridgehead atoms. The molecule has 1 aliphatic rings. The molecule has 0 N–H and O–H groups in total. The van der Waals surface area contributed by atoms with E-state index in [-0.39, 0.29) is 12.5 Å². The van der Waals surface area contributed by atoms with Crippen LogP contribution in [0.3, 0.4) is 0 Å². The first-order valence-electron chi connectivity index (χ1n) is 11.2. The zero-order valence-corrected chi connectivity index (χ0v) is 18.6. The first kappa shape index (κ1) is 22.4. The van der Waals surface area contributed by atoms with Gasteiger partial charge in [-0.2, -0.15) is 0 Å². The molecular weight excluding hydrogens is 416 g/mol. The van der Waals surface area contributed by atoms with Crippen molar-refractivity contribution in [3.8, 4) is 11.5 Å². The fourth-order valence-corrected chi connectivity index (χ4v) is 3.56. The van der Waals surface area contributed by atoms with Crippen molar-refractivity contribution in [2.24, 2.45) is 5.16 Å². The Morgan fingerprint density at radius 1 is 0.818 bits per heavy atom. The van der Waals surface area contributed by atoms with E-state index in [1.165, 1.54) is 0 Å². The van der Waals surface area contributed by atoms with Gasteiger partial charge >= 0.3 is 0 Å². The van der Waals surface area contributed by atoms with E-state index >= 15 is 0 Å². The smallest absolute Gasteiger partial charge is 0.263 e. The average molecular weight is 445 g/mol. The van der Waals surface area contributed by atoms with Crippen LogP contribution in [0.25, 0.3) is 0 Å². The minimum Gasteiger partial charge on any atom is -0.485 e. The quantitative estimate of drug-likeness (QED) is 0.332. The van der Waals surface area contributed by atoms with Gasteiger partial charge in [-0.25, -0.2) is 0 Å². The molecule has 0 atom stereocenters. The van der Waals surface area contributed by atoms with Crippen LogP contribution >= 0.6 is 0 Å². The van der Waals surface area contributed by atoms with Gasteiger partial charge in [0.25, 0.3) is 5.91 Å². The van der Waals surface area contributed by atoms with Crippen molar-refractivity contribution in [2.75, 3.05) is 19.7 Å². The predicted octanol–water partition coefficient (Wildman–Crippen LogP) is 4.82. The van der Waals surface area contributed by atoms with Crippen LogP contribution in [0.4, 0.5) is 0 Å². The Morgan fingerprint density at radius 2 is 1.42 bits per heavy atom. The fourth-order valence-electron chi connectivity index (χ4n) is 3.56. The zero-order valence-electron chi connectivity index (χ0n) is 18.6. The SMILES string of the molecule is O=C(CO/N=C/c1ccc(OCc2ccccc2)c(OCc2ccccc2)c1)N1CCCC1. The van der Waals surface area contributed by atoms with Gasteiger partial charge in [-0.15, -0.1) is 0 Å². The molecule has 0 aliphatic carbocycles. The topological polar surface area (TPSA) is 60.4 Å². The highest BCUT2D eigenvalue weighted by Gasteiger charge is 2.17. The minimum atomic E-state index is -0.0495. The Bertz CT molecular complexity index is 1050. The average Bonchev–Trinajstić information content (AvgIpc) is 3.41. The Hall–Kier alpha value is -3.80. The molecule has 33 heavy (non-hydrogen) atoms. The largest absolute Gasteiger partial charge is 0.485 e. The first-order chi connectivity index (χ1) is 16.3. The summed E-state index contributed by atoms with van der Waals surface area (Å²) in [5, 5.41) is 3.97. The molecule has 1 saturated heterocycles. The van der Waals surface area contributed by atoms with Crippen LogP contribution in [-0.4, -0.2) is 36.7 Å². The van der Waals surface area contributed by atoms with Crippen molar-refractivity contribution in [3.63, 3.8) is 0 Å². The number of nitrogens with zero attached hydrogens (tertiary/aromatic N) is 2. The van der Waals surface area contributed by atoms with Gasteiger partial charge < -0.3 is 19.2 Å². The number of hydrogen-bond donors (Lipinski definition) is 0. The Morgan fingerprint density at radius 3 is 2.06 bits per heavy atom. The lowest BCUT2D eigenvalue weighted by Gasteiger charge is -2.14. The number of likely N-dealkylation sites (tertiary alicyclic amines) is 1. The maximum absolute atomic E-state index is 12.1. The van der Waals surface area contributed by atoms with Crippen molar-refractivity contribution in [3.05, 3.63) is 95.6 Å². The maximum Gasteiger partial charge on any atom is 0.263 e. The van der Waals surface area contributed by atoms with Gasteiger partial charge in [0.1, 0.15) is 13.2 Å². The second-order valence-electron chi connectivity index (χ2n) is 7.85. The number of amides is 1. The maximum atomic E-state index is 12.1. The highest BCUT2D eigenvalue weighted by atomic mass is 16.6. The summed E-state index contributed by atoms with van der Waals surface area (Å²) < 4.78 is 12.1. The van der Waals surface area contributed by atoms with E-state index in [0.717, 1.165) is 42.6 Å². The van der Waals surface area contributed by atoms with Gasteiger partial charge in [-0.05, 0) is 42.2 Å². The molecule has 6 nitrogen and oxygen atoms in total. The summed E-state index contributed by atoms with van der Waals surface area (Å²) in [7, 11) is 0. The van der Waals surface area contributed by atoms with Crippen molar-refractivity contribution in [2.45, 2.75) is 26.1 Å². The van der Waals surface area contributed by atoms with Crippen LogP contribution in [0, 0.1) is 0 Å². The van der Waals surface area contributed by atoms with Crippen LogP contribution in [0.15, 0.2) is 84.0 Å². The lowest BCUT2D eigenvalue weighted by atomic mass is 10.2. The molecule has 6 heteroatoms. The predicted molar refractivity (Wildman–Crippen MR) is 127 cm³/mol. The van der Waals surface area contributed by atoms with E-state index in [9.17, 15) is 4.79 Å². The van der Waals surface area contributed by atoms with E-state index in [1.54, 1.807) is 6.21 Å². The van der Waals surface area contributed by atoms with Gasteiger partial charge in [0.05, 0.1) is 6.21 Å². The lowest BCUT2D eigenvalue weighted by molar-refractivity contribution is -0.134. The van der Waals surface area contributed by atoms with Crippen LogP contribution < -0.4 is 9.47 Å². The second-order valence-corrected chi connectivity index (χ2v) is 7.85. The van der Waals surface area contributed by atoms with E-state index < -0.39 is 0 Å². The van der Waals surface area contributed by atoms with Crippen LogP contribution in [0.1, 0.15) is 29.5 Å². The fraction of sp³-hybridized carbons (Fsp3) is 0.259. The summed E-state index contributed by atoms with van der Waals surface area (Å²) in [5.74, 6) is 1.24. The summed E-state index contributed by atoms with van der Waals surface area (Å²) in [5.41, 5.74) is 2.93. The Labute approximate surface area is 194 Å². The molecule has 0 radical (unpaired) electrons. The normalized spacial score (nSPS) is 13.3. The monoisotopic (exact) mass is 444 g/mol. The molecule has 1 heterocycles. The molecule has 170 valence electrons. The molecule has 0 spiro atoms. The lowest BCUT2D eigenvalue weighted by Crippen LogP contribution is -2.30. The summed E-state index contributed by atoms with van der Waals surface area (Å²) >= 11 is 0. The van der Waals surface area contributed by atoms with E-state index in [4.69, 9.17) is 14.3 Å². The van der Waals surface area contributed by atoms with Crippen molar-refractivity contribution in [1.82, 2.24) is 4.90 Å². The van der Waals surface area contributed by atoms with Crippen molar-refractivity contribution < 1.29 is 19.1 Å². The molecular formula is C27H28N2O4. The number of rotatable bonds is 10. The molecule has 3 aromatic rings. The number of hydrogen-bond acceptors (Lipinski definition) is 5. The summed E-state index contributed by atoms with van der Waals surface area (Å²) in [6.45, 7) is 2.42. The third-order valence-corrected chi connectivity index (χ3v) is 5.37. The number of oxime groups is 1. The summed E-state index contributed by atoms with van der Waals surface area (Å²) in [6.07, 6.45) is 3.69. The van der Waals surface area contributed by atoms with E-state index in [1.807, 2.05) is 83.8 Å². The standard InChI is InChI=1S/C27H28N2O4/c30-27(29-15-7-8-16-29)21-33-28-18-24-13-14-25(31-19-22-9-3-1-4-10-22)26(17-24)32-20-23-11-5-2-6-12-23/h1-6,9-14,17-18H,7-8,15-16,19-21H2/b28-18+. The number of carbonyl (C=O) groups excluding carboxylic acids is 1. The van der Waals surface area contributed by atoms with Crippen molar-refractivity contribution in [1.29, 1.82) is 0 Å². The molecule has 0 saturated carbocycles. The number of ether oxygens (including phenoxy) is 2. The van der Waals surface area contributed by atoms with Gasteiger partial charge in [-0.1, -0.05) is 65.8 Å². The number of benzene rings is 3. The van der Waals surface area contributed by atoms with Crippen LogP contribution in [0.2, 0.25) is 0 Å². The van der Waals surface area contributed by atoms with Crippen LogP contribution in [-0.2, 0) is 22.8 Å². The third-order valence-electron chi connectivity index (χ3n) is 5.37. The molecule has 1 amide bonds. The first-order valence-corrected chi connectivity index (χ1v) is 11.2. The van der Waals surface area contributed by atoms with E-state index in [0.29, 0.717) is 24.7 Å². The molecule has 1 aliphatic heterocycles. The summed E-state index contributed by atoms with van der Waals surface area (Å²) in [6, 6.07) is 25.6. The third kappa shape index (κ3) is 6.84. The van der Waals surface area contributed by atoms with Gasteiger partial charge in [0, 0.05) is 18.7 Å². The molecule has 4 rings (SSSR count). The van der Waals surface area contributed by atoms with Gasteiger partial charge in [0.2, 0.25) is 0 Å².